The molecule has 7 heteroatoms. The van der Waals surface area contributed by atoms with Crippen LogP contribution in [0.4, 0.5) is 4.79 Å². The van der Waals surface area contributed by atoms with Crippen molar-refractivity contribution in [3.05, 3.63) is 23.8 Å². The van der Waals surface area contributed by atoms with Crippen LogP contribution in [0.15, 0.2) is 23.8 Å². The van der Waals surface area contributed by atoms with Crippen molar-refractivity contribution in [2.45, 2.75) is 76.4 Å². The second kappa shape index (κ2) is 8.80. The average molecular weight is 396 g/mol. The van der Waals surface area contributed by atoms with Crippen LogP contribution in [0.1, 0.15) is 52.4 Å². The second-order valence-corrected chi connectivity index (χ2v) is 8.88. The normalized spacial score (nSPS) is 41.7. The van der Waals surface area contributed by atoms with Gasteiger partial charge in [0.1, 0.15) is 6.10 Å². The number of nitrogens with one attached hydrogen (secondary N) is 1. The topological polar surface area (TPSA) is 84.9 Å². The van der Waals surface area contributed by atoms with Gasteiger partial charge in [-0.15, -0.1) is 0 Å². The van der Waals surface area contributed by atoms with Crippen molar-refractivity contribution in [2.24, 2.45) is 5.92 Å². The molecule has 3 aliphatic heterocycles. The number of aliphatic hydroxyl groups is 1. The molecule has 0 spiro atoms. The highest BCUT2D eigenvalue weighted by molar-refractivity contribution is 8.14. The first-order chi connectivity index (χ1) is 12.8. The van der Waals surface area contributed by atoms with Gasteiger partial charge >= 0.3 is 5.97 Å². The molecule has 0 radical (unpaired) electrons. The zero-order chi connectivity index (χ0) is 19.4. The van der Waals surface area contributed by atoms with Crippen LogP contribution in [-0.4, -0.2) is 46.1 Å². The van der Waals surface area contributed by atoms with E-state index in [0.29, 0.717) is 18.1 Å². The van der Waals surface area contributed by atoms with Crippen LogP contribution in [-0.2, 0) is 14.3 Å². The van der Waals surface area contributed by atoms with Crippen molar-refractivity contribution in [1.29, 1.82) is 0 Å². The summed E-state index contributed by atoms with van der Waals surface area (Å²) in [6.07, 6.45) is 9.42. The maximum Gasteiger partial charge on any atom is 0.330 e. The molecule has 0 saturated carbocycles. The van der Waals surface area contributed by atoms with E-state index in [-0.39, 0.29) is 23.7 Å². The van der Waals surface area contributed by atoms with Crippen molar-refractivity contribution in [3.8, 4) is 0 Å². The standard InChI is InChI=1S/C20H29NO5S/c1-13-5-3-4-6-14(2)9-18(22)25-16-10-15(8-7-13)26-20(24,11-16)17-12-27-19(23)21-17/h3,5,9,13,15-17,24H,4,6-8,10-12H2,1-2H3,(H,21,23)/b5-3-,14-9-/t13-,15-,16-,17+,20-/m1/s1. The van der Waals surface area contributed by atoms with Crippen LogP contribution in [0.25, 0.3) is 0 Å². The van der Waals surface area contributed by atoms with Crippen molar-refractivity contribution in [2.75, 3.05) is 5.75 Å². The van der Waals surface area contributed by atoms with E-state index in [2.05, 4.69) is 24.4 Å². The van der Waals surface area contributed by atoms with Gasteiger partial charge in [0.25, 0.3) is 5.24 Å². The zero-order valence-corrected chi connectivity index (χ0v) is 16.8. The number of thioether (sulfide) groups is 1. The van der Waals surface area contributed by atoms with Gasteiger partial charge in [-0.25, -0.2) is 4.79 Å². The fraction of sp³-hybridized carbons (Fsp3) is 0.700. The van der Waals surface area contributed by atoms with E-state index in [1.807, 2.05) is 6.92 Å². The van der Waals surface area contributed by atoms with E-state index in [0.717, 1.165) is 43.0 Å². The van der Waals surface area contributed by atoms with Crippen LogP contribution in [0.5, 0.6) is 0 Å². The van der Waals surface area contributed by atoms with Gasteiger partial charge in [-0.05, 0) is 38.5 Å². The Balaban J connectivity index is 1.78. The van der Waals surface area contributed by atoms with Crippen molar-refractivity contribution >= 4 is 23.0 Å². The minimum Gasteiger partial charge on any atom is -0.459 e. The number of esters is 1. The van der Waals surface area contributed by atoms with Crippen LogP contribution in [0, 0.1) is 5.92 Å². The fourth-order valence-electron chi connectivity index (χ4n) is 3.86. The number of rotatable bonds is 1. The molecule has 2 N–H and O–H groups in total. The van der Waals surface area contributed by atoms with Gasteiger partial charge in [-0.2, -0.15) is 0 Å². The SMILES string of the molecule is C/C1=C/C(=O)O[C@@H]2C[C@@H](CC[C@H](C)/C=C\CC1)O[C@@](O)([C@@H]1CSC(=O)N1)C2. The van der Waals surface area contributed by atoms with Gasteiger partial charge in [0.05, 0.1) is 12.1 Å². The Morgan fingerprint density at radius 2 is 2.11 bits per heavy atom. The molecule has 0 aromatic heterocycles. The van der Waals surface area contributed by atoms with Gasteiger partial charge in [-0.1, -0.05) is 36.4 Å². The number of allylic oxidation sites excluding steroid dienone is 3. The van der Waals surface area contributed by atoms with Crippen LogP contribution in [0.2, 0.25) is 0 Å². The predicted molar refractivity (Wildman–Crippen MR) is 104 cm³/mol. The molecule has 0 aliphatic carbocycles. The summed E-state index contributed by atoms with van der Waals surface area (Å²) in [6, 6.07) is -0.493. The first kappa shape index (κ1) is 20.4. The molecule has 0 unspecified atom stereocenters. The van der Waals surface area contributed by atoms with Gasteiger partial charge in [-0.3, -0.25) is 4.79 Å². The summed E-state index contributed by atoms with van der Waals surface area (Å²) in [5.74, 6) is -1.03. The Kier molecular flexibility index (Phi) is 6.65. The number of fused-ring (bicyclic) bond motifs is 2. The summed E-state index contributed by atoms with van der Waals surface area (Å²) in [6.45, 7) is 4.10. The molecular weight excluding hydrogens is 366 g/mol. The lowest BCUT2D eigenvalue weighted by molar-refractivity contribution is -0.283. The molecule has 2 fully saturated rings. The van der Waals surface area contributed by atoms with E-state index in [1.54, 1.807) is 6.08 Å². The second-order valence-electron chi connectivity index (χ2n) is 7.89. The maximum atomic E-state index is 12.3. The first-order valence-electron chi connectivity index (χ1n) is 9.72. The number of carbonyl (C=O) groups is 2. The van der Waals surface area contributed by atoms with Crippen LogP contribution >= 0.6 is 11.8 Å². The molecule has 5 atom stereocenters. The number of amides is 1. The molecule has 6 nitrogen and oxygen atoms in total. The predicted octanol–water partition coefficient (Wildman–Crippen LogP) is 3.30. The van der Waals surface area contributed by atoms with E-state index < -0.39 is 17.9 Å². The average Bonchev–Trinajstić information content (AvgIpc) is 3.03. The highest BCUT2D eigenvalue weighted by atomic mass is 32.2. The quantitative estimate of drug-likeness (QED) is 0.523. The lowest BCUT2D eigenvalue weighted by Crippen LogP contribution is -2.58. The van der Waals surface area contributed by atoms with Crippen molar-refractivity contribution < 1.29 is 24.2 Å². The molecule has 3 heterocycles. The summed E-state index contributed by atoms with van der Waals surface area (Å²) in [7, 11) is 0. The summed E-state index contributed by atoms with van der Waals surface area (Å²) in [5.41, 5.74) is 0.979. The Labute approximate surface area is 164 Å². The number of ether oxygens (including phenoxy) is 2. The van der Waals surface area contributed by atoms with Crippen LogP contribution < -0.4 is 5.32 Å². The summed E-state index contributed by atoms with van der Waals surface area (Å²) in [4.78, 5) is 23.9. The van der Waals surface area contributed by atoms with E-state index in [1.165, 1.54) is 0 Å². The number of hydrogen-bond acceptors (Lipinski definition) is 6. The molecule has 2 saturated heterocycles. The molecule has 1 amide bonds. The minimum absolute atomic E-state index is 0.160. The molecule has 0 aromatic rings. The summed E-state index contributed by atoms with van der Waals surface area (Å²) < 4.78 is 11.7. The lowest BCUT2D eigenvalue weighted by Gasteiger charge is -2.43. The smallest absolute Gasteiger partial charge is 0.330 e. The molecule has 2 bridgehead atoms. The van der Waals surface area contributed by atoms with E-state index >= 15 is 0 Å². The van der Waals surface area contributed by atoms with Gasteiger partial charge < -0.3 is 19.9 Å². The van der Waals surface area contributed by atoms with E-state index in [9.17, 15) is 14.7 Å². The Bertz CT molecular complexity index is 634. The highest BCUT2D eigenvalue weighted by Crippen LogP contribution is 2.37. The maximum absolute atomic E-state index is 12.3. The van der Waals surface area contributed by atoms with Crippen molar-refractivity contribution in [3.63, 3.8) is 0 Å². The third-order valence-corrected chi connectivity index (χ3v) is 6.28. The Morgan fingerprint density at radius 3 is 2.85 bits per heavy atom. The third-order valence-electron chi connectivity index (χ3n) is 5.40. The lowest BCUT2D eigenvalue weighted by atomic mass is 9.90. The van der Waals surface area contributed by atoms with Crippen LogP contribution in [0.3, 0.4) is 0 Å². The number of hydrogen-bond donors (Lipinski definition) is 2. The molecular formula is C20H29NO5S. The Morgan fingerprint density at radius 1 is 1.30 bits per heavy atom. The third kappa shape index (κ3) is 5.59. The molecule has 150 valence electrons. The number of carbonyl (C=O) groups excluding carboxylic acids is 2. The molecule has 27 heavy (non-hydrogen) atoms. The van der Waals surface area contributed by atoms with Gasteiger partial charge in [0.2, 0.25) is 0 Å². The monoisotopic (exact) mass is 395 g/mol. The zero-order valence-electron chi connectivity index (χ0n) is 16.0. The summed E-state index contributed by atoms with van der Waals surface area (Å²) >= 11 is 1.14. The minimum atomic E-state index is -1.51. The largest absolute Gasteiger partial charge is 0.459 e. The Hall–Kier alpha value is -1.31. The first-order valence-corrected chi connectivity index (χ1v) is 10.7. The van der Waals surface area contributed by atoms with Crippen molar-refractivity contribution in [1.82, 2.24) is 5.32 Å². The van der Waals surface area contributed by atoms with E-state index in [4.69, 9.17) is 9.47 Å². The fourth-order valence-corrected chi connectivity index (χ4v) is 4.75. The molecule has 3 aliphatic rings. The molecule has 0 aromatic carbocycles. The summed E-state index contributed by atoms with van der Waals surface area (Å²) in [5, 5.41) is 13.7. The van der Waals surface area contributed by atoms with Gasteiger partial charge in [0.15, 0.2) is 5.79 Å². The van der Waals surface area contributed by atoms with Gasteiger partial charge in [0, 0.05) is 24.7 Å². The highest BCUT2D eigenvalue weighted by Gasteiger charge is 2.49. The molecule has 3 rings (SSSR count).